The highest BCUT2D eigenvalue weighted by Gasteiger charge is 2.15. The van der Waals surface area contributed by atoms with E-state index < -0.39 is 0 Å². The highest BCUT2D eigenvalue weighted by Crippen LogP contribution is 2.31. The van der Waals surface area contributed by atoms with Crippen molar-refractivity contribution in [3.8, 4) is 22.5 Å². The van der Waals surface area contributed by atoms with E-state index in [1.165, 1.54) is 43.7 Å². The van der Waals surface area contributed by atoms with E-state index in [4.69, 9.17) is 0 Å². The average Bonchev–Trinajstić information content (AvgIpc) is 3.55. The Balaban J connectivity index is 1.27. The van der Waals surface area contributed by atoms with Crippen LogP contribution in [0.15, 0.2) is 73.1 Å². The molecule has 3 aromatic heterocycles. The maximum absolute atomic E-state index is 13.9. The van der Waals surface area contributed by atoms with Gasteiger partial charge in [0.1, 0.15) is 11.5 Å². The van der Waals surface area contributed by atoms with Gasteiger partial charge in [-0.25, -0.2) is 4.39 Å². The lowest BCUT2D eigenvalue weighted by molar-refractivity contribution is 0.356. The van der Waals surface area contributed by atoms with Crippen molar-refractivity contribution in [2.75, 3.05) is 0 Å². The molecule has 0 saturated heterocycles. The summed E-state index contributed by atoms with van der Waals surface area (Å²) in [5, 5.41) is 10.4. The van der Waals surface area contributed by atoms with E-state index in [0.717, 1.165) is 67.5 Å². The highest BCUT2D eigenvalue weighted by atomic mass is 19.1. The number of nitrogens with zero attached hydrogens (tertiary/aromatic N) is 2. The molecule has 1 aliphatic rings. The lowest BCUT2D eigenvalue weighted by Crippen LogP contribution is -2.21. The van der Waals surface area contributed by atoms with Crippen LogP contribution in [-0.2, 0) is 6.42 Å². The Morgan fingerprint density at radius 1 is 1.05 bits per heavy atom. The second-order valence-corrected chi connectivity index (χ2v) is 10.7. The number of fused-ring (bicyclic) bond motifs is 1. The zero-order valence-corrected chi connectivity index (χ0v) is 22.3. The molecule has 3 heterocycles. The van der Waals surface area contributed by atoms with Crippen LogP contribution >= 0.6 is 0 Å². The van der Waals surface area contributed by atoms with Gasteiger partial charge >= 0.3 is 0 Å². The summed E-state index contributed by atoms with van der Waals surface area (Å²) in [5.41, 5.74) is 8.04. The fraction of sp³-hybridized carbons (Fsp3) is 0.235. The third-order valence-corrected chi connectivity index (χ3v) is 7.95. The molecular weight excluding hydrogens is 483 g/mol. The molecule has 1 aliphatic carbocycles. The molecule has 4 nitrogen and oxygen atoms in total. The van der Waals surface area contributed by atoms with Crippen molar-refractivity contribution in [1.82, 2.24) is 20.2 Å². The van der Waals surface area contributed by atoms with Crippen LogP contribution in [0, 0.1) is 11.7 Å². The number of benzene rings is 2. The van der Waals surface area contributed by atoms with Gasteiger partial charge in [-0.15, -0.1) is 0 Å². The molecule has 0 atom stereocenters. The van der Waals surface area contributed by atoms with Gasteiger partial charge in [0, 0.05) is 28.5 Å². The minimum Gasteiger partial charge on any atom is -0.353 e. The van der Waals surface area contributed by atoms with Gasteiger partial charge in [-0.05, 0) is 83.5 Å². The van der Waals surface area contributed by atoms with Crippen molar-refractivity contribution in [3.63, 3.8) is 0 Å². The van der Waals surface area contributed by atoms with Crippen LogP contribution in [0.4, 0.5) is 4.39 Å². The molecule has 2 N–H and O–H groups in total. The van der Waals surface area contributed by atoms with E-state index in [9.17, 15) is 4.39 Å². The van der Waals surface area contributed by atoms with Crippen LogP contribution in [-0.4, -0.2) is 20.2 Å². The predicted molar refractivity (Wildman–Crippen MR) is 159 cm³/mol. The van der Waals surface area contributed by atoms with E-state index in [-0.39, 0.29) is 5.82 Å². The lowest BCUT2D eigenvalue weighted by Gasteiger charge is -2.21. The molecular formula is C34H33FN4. The number of halogens is 1. The molecule has 39 heavy (non-hydrogen) atoms. The van der Waals surface area contributed by atoms with E-state index in [1.807, 2.05) is 42.7 Å². The van der Waals surface area contributed by atoms with Crippen molar-refractivity contribution >= 4 is 29.1 Å². The highest BCUT2D eigenvalue weighted by molar-refractivity contribution is 5.98. The molecule has 196 valence electrons. The third kappa shape index (κ3) is 5.35. The molecule has 5 aromatic rings. The van der Waals surface area contributed by atoms with Crippen LogP contribution in [0.25, 0.3) is 51.6 Å². The van der Waals surface area contributed by atoms with Crippen molar-refractivity contribution in [1.29, 1.82) is 0 Å². The Hall–Kier alpha value is -4.25. The summed E-state index contributed by atoms with van der Waals surface area (Å²) >= 11 is 0. The lowest BCUT2D eigenvalue weighted by atomic mass is 9.85. The second kappa shape index (κ2) is 10.9. The molecule has 1 saturated carbocycles. The van der Waals surface area contributed by atoms with Gasteiger partial charge in [0.2, 0.25) is 0 Å². The molecule has 5 heteroatoms. The van der Waals surface area contributed by atoms with Gasteiger partial charge in [0.25, 0.3) is 0 Å². The Labute approximate surface area is 228 Å². The first-order chi connectivity index (χ1) is 19.0. The van der Waals surface area contributed by atoms with Crippen LogP contribution in [0.5, 0.6) is 0 Å². The third-order valence-electron chi connectivity index (χ3n) is 7.95. The number of hydrogen-bond acceptors (Lipinski definition) is 2. The first kappa shape index (κ1) is 25.1. The Kier molecular flexibility index (Phi) is 6.97. The average molecular weight is 517 g/mol. The molecule has 2 aromatic carbocycles. The summed E-state index contributed by atoms with van der Waals surface area (Å²) in [5.74, 6) is 0.543. The minimum atomic E-state index is -0.247. The normalized spacial score (nSPS) is 15.3. The van der Waals surface area contributed by atoms with Gasteiger partial charge in [-0.1, -0.05) is 69.0 Å². The Morgan fingerprint density at radius 2 is 1.90 bits per heavy atom. The zero-order chi connectivity index (χ0) is 26.8. The smallest absolute Gasteiger partial charge is 0.123 e. The Morgan fingerprint density at radius 3 is 2.74 bits per heavy atom. The van der Waals surface area contributed by atoms with Crippen molar-refractivity contribution in [3.05, 3.63) is 101 Å². The zero-order valence-electron chi connectivity index (χ0n) is 22.3. The van der Waals surface area contributed by atoms with Crippen molar-refractivity contribution in [2.24, 2.45) is 5.92 Å². The van der Waals surface area contributed by atoms with Crippen LogP contribution in [0.2, 0.25) is 0 Å². The van der Waals surface area contributed by atoms with E-state index >= 15 is 0 Å². The molecule has 0 spiro atoms. The summed E-state index contributed by atoms with van der Waals surface area (Å²) in [6.07, 6.45) is 16.0. The number of pyridine rings is 1. The molecule has 0 radical (unpaired) electrons. The molecule has 0 bridgehead atoms. The van der Waals surface area contributed by atoms with Crippen LogP contribution in [0.3, 0.4) is 0 Å². The van der Waals surface area contributed by atoms with E-state index in [1.54, 1.807) is 12.1 Å². The molecule has 0 aliphatic heterocycles. The first-order valence-corrected chi connectivity index (χ1v) is 13.8. The Bertz CT molecular complexity index is 1770. The summed E-state index contributed by atoms with van der Waals surface area (Å²) in [6.45, 7) is 6.43. The maximum atomic E-state index is 13.9. The van der Waals surface area contributed by atoms with Crippen molar-refractivity contribution < 1.29 is 4.39 Å². The SMILES string of the molecule is C=c1c(-c2cc3c(-c4cccc(F)c4)cccc3[nH]2)n[nH]/c1=C/C=C(\C)c1cncc(CC2CCCCC2)c1. The van der Waals surface area contributed by atoms with Gasteiger partial charge in [-0.2, -0.15) is 5.10 Å². The van der Waals surface area contributed by atoms with E-state index in [0.29, 0.717) is 0 Å². The summed E-state index contributed by atoms with van der Waals surface area (Å²) in [4.78, 5) is 8.00. The fourth-order valence-electron chi connectivity index (χ4n) is 5.77. The standard InChI is InChI=1S/C34H33FN4/c1-22(27-17-25(20-36-21-27)16-24-8-4-3-5-9-24)14-15-31-23(2)34(39-38-31)33-19-30-29(12-7-13-32(30)37-33)26-10-6-11-28(35)18-26/h6-7,10-15,17-21,24,37-38H,2-5,8-9,16H2,1H3/b22-14+,31-15+. The predicted octanol–water partition coefficient (Wildman–Crippen LogP) is 7.18. The molecule has 1 fully saturated rings. The second-order valence-electron chi connectivity index (χ2n) is 10.7. The number of H-pyrrole nitrogens is 2. The van der Waals surface area contributed by atoms with Crippen LogP contribution in [0.1, 0.15) is 50.2 Å². The topological polar surface area (TPSA) is 57.4 Å². The molecule has 0 unspecified atom stereocenters. The number of nitrogens with one attached hydrogen (secondary N) is 2. The van der Waals surface area contributed by atoms with Crippen molar-refractivity contribution in [2.45, 2.75) is 45.4 Å². The molecule has 0 amide bonds. The number of aromatic nitrogens is 4. The number of hydrogen-bond donors (Lipinski definition) is 2. The van der Waals surface area contributed by atoms with E-state index in [2.05, 4.69) is 51.9 Å². The van der Waals surface area contributed by atoms with Gasteiger partial charge in [-0.3, -0.25) is 10.1 Å². The molecule has 6 rings (SSSR count). The number of aromatic amines is 2. The van der Waals surface area contributed by atoms with Gasteiger partial charge in [0.15, 0.2) is 0 Å². The quantitative estimate of drug-likeness (QED) is 0.251. The summed E-state index contributed by atoms with van der Waals surface area (Å²) < 4.78 is 13.9. The minimum absolute atomic E-state index is 0.247. The first-order valence-electron chi connectivity index (χ1n) is 13.8. The number of allylic oxidation sites excluding steroid dienone is 2. The number of rotatable bonds is 6. The summed E-state index contributed by atoms with van der Waals surface area (Å²) in [6, 6.07) is 17.0. The fourth-order valence-corrected chi connectivity index (χ4v) is 5.77. The van der Waals surface area contributed by atoms with Gasteiger partial charge in [0.05, 0.1) is 11.0 Å². The summed E-state index contributed by atoms with van der Waals surface area (Å²) in [7, 11) is 0. The van der Waals surface area contributed by atoms with Crippen LogP contribution < -0.4 is 10.6 Å². The maximum Gasteiger partial charge on any atom is 0.123 e. The van der Waals surface area contributed by atoms with Gasteiger partial charge < -0.3 is 4.98 Å². The monoisotopic (exact) mass is 516 g/mol. The largest absolute Gasteiger partial charge is 0.353 e.